The van der Waals surface area contributed by atoms with Crippen molar-refractivity contribution in [2.75, 3.05) is 31.6 Å². The van der Waals surface area contributed by atoms with Gasteiger partial charge in [-0.05, 0) is 37.9 Å². The Morgan fingerprint density at radius 3 is 2.81 bits per heavy atom. The molecule has 4 heteroatoms. The van der Waals surface area contributed by atoms with Crippen LogP contribution < -0.4 is 4.90 Å². The largest absolute Gasteiger partial charge is 0.389 e. The quantitative estimate of drug-likeness (QED) is 0.919. The van der Waals surface area contributed by atoms with Gasteiger partial charge < -0.3 is 10.0 Å². The fourth-order valence-corrected chi connectivity index (χ4v) is 3.66. The van der Waals surface area contributed by atoms with Crippen molar-refractivity contribution in [1.82, 2.24) is 4.90 Å². The molecule has 1 heterocycles. The first-order chi connectivity index (χ1) is 10.1. The molecule has 0 unspecified atom stereocenters. The van der Waals surface area contributed by atoms with Crippen LogP contribution in [0.25, 0.3) is 0 Å². The fraction of sp³-hybridized carbons (Fsp3) is 0.588. The van der Waals surface area contributed by atoms with Crippen LogP contribution in [0, 0.1) is 0 Å². The molecule has 1 aromatic carbocycles. The monoisotopic (exact) mass is 288 g/mol. The Morgan fingerprint density at radius 1 is 1.33 bits per heavy atom. The number of benzene rings is 1. The molecule has 1 saturated carbocycles. The van der Waals surface area contributed by atoms with Crippen molar-refractivity contribution >= 4 is 11.6 Å². The molecule has 0 saturated heterocycles. The van der Waals surface area contributed by atoms with Gasteiger partial charge in [0.1, 0.15) is 0 Å². The Bertz CT molecular complexity index is 523. The van der Waals surface area contributed by atoms with Crippen molar-refractivity contribution in [2.24, 2.45) is 0 Å². The SMILES string of the molecule is CN(CC(=O)N1CCc2ccccc21)CC1(O)CCCC1. The lowest BCUT2D eigenvalue weighted by molar-refractivity contribution is -0.120. The zero-order chi connectivity index (χ0) is 14.9. The van der Waals surface area contributed by atoms with Gasteiger partial charge in [-0.3, -0.25) is 9.69 Å². The zero-order valence-electron chi connectivity index (χ0n) is 12.7. The molecular formula is C17H24N2O2. The van der Waals surface area contributed by atoms with Crippen molar-refractivity contribution in [3.8, 4) is 0 Å². The number of nitrogens with zero attached hydrogens (tertiary/aromatic N) is 2. The number of rotatable bonds is 4. The summed E-state index contributed by atoms with van der Waals surface area (Å²) < 4.78 is 0. The van der Waals surface area contributed by atoms with Gasteiger partial charge in [-0.15, -0.1) is 0 Å². The molecule has 0 atom stereocenters. The Balaban J connectivity index is 1.59. The van der Waals surface area contributed by atoms with Gasteiger partial charge in [-0.25, -0.2) is 0 Å². The Morgan fingerprint density at radius 2 is 2.05 bits per heavy atom. The number of likely N-dealkylation sites (N-methyl/N-ethyl adjacent to an activating group) is 1. The van der Waals surface area contributed by atoms with E-state index in [1.165, 1.54) is 5.56 Å². The number of anilines is 1. The molecule has 1 N–H and O–H groups in total. The minimum absolute atomic E-state index is 0.129. The maximum absolute atomic E-state index is 12.5. The molecule has 1 amide bonds. The summed E-state index contributed by atoms with van der Waals surface area (Å²) in [6.45, 7) is 1.74. The van der Waals surface area contributed by atoms with E-state index in [0.29, 0.717) is 13.1 Å². The van der Waals surface area contributed by atoms with Crippen molar-refractivity contribution < 1.29 is 9.90 Å². The molecule has 1 aliphatic heterocycles. The second kappa shape index (κ2) is 5.78. The molecule has 3 rings (SSSR count). The van der Waals surface area contributed by atoms with E-state index in [1.807, 2.05) is 35.0 Å². The molecular weight excluding hydrogens is 264 g/mol. The lowest BCUT2D eigenvalue weighted by Gasteiger charge is -2.29. The summed E-state index contributed by atoms with van der Waals surface area (Å²) in [6, 6.07) is 8.11. The molecule has 0 radical (unpaired) electrons. The lowest BCUT2D eigenvalue weighted by Crippen LogP contribution is -2.44. The van der Waals surface area contributed by atoms with Crippen molar-refractivity contribution in [1.29, 1.82) is 0 Å². The van der Waals surface area contributed by atoms with Crippen LogP contribution in [0.2, 0.25) is 0 Å². The number of hydrogen-bond acceptors (Lipinski definition) is 3. The molecule has 0 aromatic heterocycles. The number of fused-ring (bicyclic) bond motifs is 1. The third-order valence-corrected chi connectivity index (χ3v) is 4.69. The van der Waals surface area contributed by atoms with Crippen LogP contribution in [0.5, 0.6) is 0 Å². The first-order valence-electron chi connectivity index (χ1n) is 7.87. The predicted octanol–water partition coefficient (Wildman–Crippen LogP) is 1.81. The summed E-state index contributed by atoms with van der Waals surface area (Å²) >= 11 is 0. The van der Waals surface area contributed by atoms with Gasteiger partial charge in [-0.2, -0.15) is 0 Å². The van der Waals surface area contributed by atoms with Gasteiger partial charge in [0.05, 0.1) is 12.1 Å². The predicted molar refractivity (Wildman–Crippen MR) is 83.4 cm³/mol. The molecule has 0 bridgehead atoms. The van der Waals surface area contributed by atoms with Crippen molar-refractivity contribution in [3.63, 3.8) is 0 Å². The van der Waals surface area contributed by atoms with Crippen LogP contribution in [0.3, 0.4) is 0 Å². The highest BCUT2D eigenvalue weighted by atomic mass is 16.3. The van der Waals surface area contributed by atoms with Gasteiger partial charge in [0.2, 0.25) is 5.91 Å². The highest BCUT2D eigenvalue weighted by Crippen LogP contribution is 2.30. The summed E-state index contributed by atoms with van der Waals surface area (Å²) in [5.74, 6) is 0.129. The Kier molecular flexibility index (Phi) is 4.00. The first kappa shape index (κ1) is 14.5. The van der Waals surface area contributed by atoms with Crippen LogP contribution in [-0.4, -0.2) is 48.2 Å². The maximum Gasteiger partial charge on any atom is 0.241 e. The van der Waals surface area contributed by atoms with Gasteiger partial charge >= 0.3 is 0 Å². The van der Waals surface area contributed by atoms with Crippen LogP contribution in [0.1, 0.15) is 31.2 Å². The number of amides is 1. The molecule has 1 fully saturated rings. The third-order valence-electron chi connectivity index (χ3n) is 4.69. The van der Waals surface area contributed by atoms with Crippen LogP contribution in [0.4, 0.5) is 5.69 Å². The van der Waals surface area contributed by atoms with E-state index in [-0.39, 0.29) is 5.91 Å². The van der Waals surface area contributed by atoms with Gasteiger partial charge in [0, 0.05) is 18.8 Å². The van der Waals surface area contributed by atoms with Crippen molar-refractivity contribution in [2.45, 2.75) is 37.7 Å². The van der Waals surface area contributed by atoms with E-state index in [1.54, 1.807) is 0 Å². The van der Waals surface area contributed by atoms with Crippen LogP contribution in [-0.2, 0) is 11.2 Å². The number of para-hydroxylation sites is 1. The minimum atomic E-state index is -0.585. The van der Waals surface area contributed by atoms with E-state index < -0.39 is 5.60 Å². The van der Waals surface area contributed by atoms with Crippen LogP contribution >= 0.6 is 0 Å². The second-order valence-corrected chi connectivity index (χ2v) is 6.53. The minimum Gasteiger partial charge on any atom is -0.389 e. The van der Waals surface area contributed by atoms with E-state index in [9.17, 15) is 9.90 Å². The average molecular weight is 288 g/mol. The van der Waals surface area contributed by atoms with E-state index in [0.717, 1.165) is 44.3 Å². The highest BCUT2D eigenvalue weighted by Gasteiger charge is 2.33. The van der Waals surface area contributed by atoms with E-state index in [4.69, 9.17) is 0 Å². The number of carbonyl (C=O) groups is 1. The summed E-state index contributed by atoms with van der Waals surface area (Å²) in [7, 11) is 1.93. The summed E-state index contributed by atoms with van der Waals surface area (Å²) in [5, 5.41) is 10.4. The molecule has 114 valence electrons. The fourth-order valence-electron chi connectivity index (χ4n) is 3.66. The topological polar surface area (TPSA) is 43.8 Å². The van der Waals surface area contributed by atoms with Gasteiger partial charge in [0.25, 0.3) is 0 Å². The summed E-state index contributed by atoms with van der Waals surface area (Å²) in [5.41, 5.74) is 1.72. The van der Waals surface area contributed by atoms with Gasteiger partial charge in [0.15, 0.2) is 0 Å². The Hall–Kier alpha value is -1.39. The smallest absolute Gasteiger partial charge is 0.241 e. The first-order valence-corrected chi connectivity index (χ1v) is 7.87. The summed E-state index contributed by atoms with van der Waals surface area (Å²) in [4.78, 5) is 16.3. The lowest BCUT2D eigenvalue weighted by atomic mass is 10.0. The molecule has 0 spiro atoms. The molecule has 1 aromatic rings. The number of aliphatic hydroxyl groups is 1. The average Bonchev–Trinajstić information content (AvgIpc) is 3.04. The second-order valence-electron chi connectivity index (χ2n) is 6.53. The normalized spacial score (nSPS) is 20.0. The molecule has 1 aliphatic carbocycles. The summed E-state index contributed by atoms with van der Waals surface area (Å²) in [6.07, 6.45) is 4.85. The van der Waals surface area contributed by atoms with Crippen LogP contribution in [0.15, 0.2) is 24.3 Å². The maximum atomic E-state index is 12.5. The standard InChI is InChI=1S/C17H24N2O2/c1-18(13-17(21)9-4-5-10-17)12-16(20)19-11-8-14-6-2-3-7-15(14)19/h2-3,6-7,21H,4-5,8-13H2,1H3. The third kappa shape index (κ3) is 3.11. The molecule has 4 nitrogen and oxygen atoms in total. The number of hydrogen-bond donors (Lipinski definition) is 1. The molecule has 2 aliphatic rings. The van der Waals surface area contributed by atoms with E-state index >= 15 is 0 Å². The Labute approximate surface area is 126 Å². The van der Waals surface area contributed by atoms with E-state index in [2.05, 4.69) is 6.07 Å². The highest BCUT2D eigenvalue weighted by molar-refractivity contribution is 5.96. The van der Waals surface area contributed by atoms with Crippen molar-refractivity contribution in [3.05, 3.63) is 29.8 Å². The zero-order valence-corrected chi connectivity index (χ0v) is 12.7. The molecule has 21 heavy (non-hydrogen) atoms. The van der Waals surface area contributed by atoms with Gasteiger partial charge in [-0.1, -0.05) is 31.0 Å². The number of carbonyl (C=O) groups excluding carboxylic acids is 1.